The average molecular weight is 606 g/mol. The number of para-hydroxylation sites is 1. The summed E-state index contributed by atoms with van der Waals surface area (Å²) in [5.41, 5.74) is 10.8. The molecule has 0 saturated carbocycles. The molecule has 2 heterocycles. The molecule has 5 aromatic rings. The van der Waals surface area contributed by atoms with Gasteiger partial charge in [-0.05, 0) is 48.9 Å². The van der Waals surface area contributed by atoms with Gasteiger partial charge in [-0.25, -0.2) is 14.6 Å². The molecule has 0 fully saturated rings. The van der Waals surface area contributed by atoms with Gasteiger partial charge in [0.05, 0.1) is 35.3 Å². The van der Waals surface area contributed by atoms with Crippen molar-refractivity contribution in [3.05, 3.63) is 100.0 Å². The van der Waals surface area contributed by atoms with E-state index in [9.17, 15) is 22.8 Å². The van der Waals surface area contributed by atoms with Gasteiger partial charge in [-0.2, -0.15) is 18.4 Å². The van der Waals surface area contributed by atoms with E-state index in [0.717, 1.165) is 16.5 Å². The molecule has 1 unspecified atom stereocenters. The molecule has 0 spiro atoms. The largest absolute Gasteiger partial charge is 0.490 e. The molecule has 0 amide bonds. The number of nitriles is 1. The van der Waals surface area contributed by atoms with Crippen LogP contribution in [0.5, 0.6) is 0 Å². The fourth-order valence-corrected chi connectivity index (χ4v) is 4.61. The molecule has 44 heavy (non-hydrogen) atoms. The molecule has 13 heteroatoms. The Kier molecular flexibility index (Phi) is 9.15. The highest BCUT2D eigenvalue weighted by atomic mass is 19.4. The number of carbonyl (C=O) groups is 2. The standard InChI is InChI=1S/C29H25N5O3.C2HF3O2/c1-18(14-30)34-26-13-21(29(36)37-2)11-12-24(26)32-27(28(34)35)23-17-33(25-6-4-3-5-22(23)25)16-20-9-7-19(15-31)8-10-20;3-2(4,5)1(6)7/h3-13,17-18H,14,16,30H2,1-2H3;(H,6,7). The van der Waals surface area contributed by atoms with Gasteiger partial charge < -0.3 is 24.7 Å². The fourth-order valence-electron chi connectivity index (χ4n) is 4.61. The van der Waals surface area contributed by atoms with Crippen molar-refractivity contribution in [2.24, 2.45) is 5.73 Å². The Bertz CT molecular complexity index is 1960. The van der Waals surface area contributed by atoms with Crippen molar-refractivity contribution >= 4 is 33.9 Å². The predicted molar refractivity (Wildman–Crippen MR) is 156 cm³/mol. The van der Waals surface area contributed by atoms with E-state index in [-0.39, 0.29) is 18.1 Å². The molecule has 3 N–H and O–H groups in total. The minimum atomic E-state index is -5.08. The summed E-state index contributed by atoms with van der Waals surface area (Å²) >= 11 is 0. The highest BCUT2D eigenvalue weighted by Gasteiger charge is 2.38. The lowest BCUT2D eigenvalue weighted by atomic mass is 10.1. The summed E-state index contributed by atoms with van der Waals surface area (Å²) in [6.45, 7) is 2.67. The minimum Gasteiger partial charge on any atom is -0.475 e. The first-order chi connectivity index (χ1) is 20.9. The zero-order valence-electron chi connectivity index (χ0n) is 23.5. The third kappa shape index (κ3) is 6.45. The number of carboxylic acid groups (broad SMARTS) is 1. The number of esters is 1. The number of nitrogens with two attached hydrogens (primary N) is 1. The molecule has 0 radical (unpaired) electrons. The van der Waals surface area contributed by atoms with Crippen molar-refractivity contribution in [2.75, 3.05) is 13.7 Å². The summed E-state index contributed by atoms with van der Waals surface area (Å²) in [5.74, 6) is -3.25. The number of halogens is 3. The van der Waals surface area contributed by atoms with Gasteiger partial charge in [0.2, 0.25) is 0 Å². The summed E-state index contributed by atoms with van der Waals surface area (Å²) in [7, 11) is 1.32. The number of aromatic nitrogens is 3. The first-order valence-electron chi connectivity index (χ1n) is 13.1. The molecule has 5 rings (SSSR count). The summed E-state index contributed by atoms with van der Waals surface area (Å²) in [6, 6.07) is 22.1. The van der Waals surface area contributed by atoms with Gasteiger partial charge in [-0.15, -0.1) is 0 Å². The number of fused-ring (bicyclic) bond motifs is 2. The van der Waals surface area contributed by atoms with Crippen LogP contribution in [0.15, 0.2) is 77.7 Å². The molecular weight excluding hydrogens is 579 g/mol. The second-order valence-electron chi connectivity index (χ2n) is 9.71. The molecule has 1 atom stereocenters. The molecular formula is C31H26F3N5O5. The Labute approximate surface area is 248 Å². The lowest BCUT2D eigenvalue weighted by Gasteiger charge is -2.18. The summed E-state index contributed by atoms with van der Waals surface area (Å²) in [5, 5.41) is 17.1. The number of aliphatic carboxylic acids is 1. The first-order valence-corrected chi connectivity index (χ1v) is 13.1. The Hall–Kier alpha value is -5.48. The van der Waals surface area contributed by atoms with Crippen molar-refractivity contribution < 1.29 is 32.6 Å². The Morgan fingerprint density at radius 3 is 2.34 bits per heavy atom. The maximum absolute atomic E-state index is 13.9. The lowest BCUT2D eigenvalue weighted by Crippen LogP contribution is -2.30. The maximum Gasteiger partial charge on any atom is 0.490 e. The van der Waals surface area contributed by atoms with E-state index < -0.39 is 18.1 Å². The number of carbonyl (C=O) groups excluding carboxylic acids is 1. The molecule has 0 bridgehead atoms. The van der Waals surface area contributed by atoms with Gasteiger partial charge >= 0.3 is 18.1 Å². The molecule has 0 aliphatic carbocycles. The number of hydrogen-bond acceptors (Lipinski definition) is 7. The molecule has 0 aliphatic heterocycles. The maximum atomic E-state index is 13.9. The summed E-state index contributed by atoms with van der Waals surface area (Å²) < 4.78 is 40.3. The molecule has 3 aromatic carbocycles. The monoisotopic (exact) mass is 605 g/mol. The van der Waals surface area contributed by atoms with Crippen LogP contribution in [0.25, 0.3) is 33.2 Å². The highest BCUT2D eigenvalue weighted by molar-refractivity contribution is 5.97. The van der Waals surface area contributed by atoms with Crippen LogP contribution in [0, 0.1) is 11.3 Å². The van der Waals surface area contributed by atoms with Crippen molar-refractivity contribution in [1.82, 2.24) is 14.1 Å². The SMILES string of the molecule is COC(=O)c1ccc2nc(-c3cn(Cc4ccc(C#N)cc4)c4ccccc34)c(=O)n(C(C)CN)c2c1.O=C(O)C(F)(F)F. The van der Waals surface area contributed by atoms with Crippen LogP contribution in [-0.4, -0.2) is 51.0 Å². The Morgan fingerprint density at radius 2 is 1.75 bits per heavy atom. The molecule has 0 saturated heterocycles. The van der Waals surface area contributed by atoms with Gasteiger partial charge in [0, 0.05) is 41.8 Å². The van der Waals surface area contributed by atoms with Crippen LogP contribution in [0.4, 0.5) is 13.2 Å². The van der Waals surface area contributed by atoms with E-state index in [2.05, 4.69) is 10.6 Å². The third-order valence-corrected chi connectivity index (χ3v) is 6.81. The highest BCUT2D eigenvalue weighted by Crippen LogP contribution is 2.30. The van der Waals surface area contributed by atoms with Gasteiger partial charge in [-0.3, -0.25) is 4.79 Å². The van der Waals surface area contributed by atoms with Crippen LogP contribution in [0.3, 0.4) is 0 Å². The number of benzene rings is 3. The second kappa shape index (κ2) is 12.8. The zero-order valence-corrected chi connectivity index (χ0v) is 23.5. The number of alkyl halides is 3. The number of methoxy groups -OCH3 is 1. The second-order valence-corrected chi connectivity index (χ2v) is 9.71. The van der Waals surface area contributed by atoms with Crippen LogP contribution in [0.1, 0.15) is 34.5 Å². The smallest absolute Gasteiger partial charge is 0.475 e. The predicted octanol–water partition coefficient (Wildman–Crippen LogP) is 4.88. The van der Waals surface area contributed by atoms with E-state index in [0.29, 0.717) is 40.0 Å². The van der Waals surface area contributed by atoms with Crippen molar-refractivity contribution in [3.8, 4) is 17.3 Å². The van der Waals surface area contributed by atoms with Crippen LogP contribution in [0.2, 0.25) is 0 Å². The van der Waals surface area contributed by atoms with E-state index in [4.69, 9.17) is 30.6 Å². The van der Waals surface area contributed by atoms with E-state index in [1.54, 1.807) is 34.9 Å². The number of carboxylic acids is 1. The van der Waals surface area contributed by atoms with Crippen LogP contribution < -0.4 is 11.3 Å². The summed E-state index contributed by atoms with van der Waals surface area (Å²) in [4.78, 5) is 39.7. The molecule has 2 aromatic heterocycles. The number of nitrogens with zero attached hydrogens (tertiary/aromatic N) is 4. The first kappa shape index (κ1) is 31.5. The normalized spacial score (nSPS) is 11.8. The van der Waals surface area contributed by atoms with Gasteiger partial charge in [-0.1, -0.05) is 30.3 Å². The molecule has 0 aliphatic rings. The summed E-state index contributed by atoms with van der Waals surface area (Å²) in [6.07, 6.45) is -3.14. The van der Waals surface area contributed by atoms with Crippen molar-refractivity contribution in [2.45, 2.75) is 25.7 Å². The van der Waals surface area contributed by atoms with Crippen LogP contribution >= 0.6 is 0 Å². The lowest BCUT2D eigenvalue weighted by molar-refractivity contribution is -0.192. The fraction of sp³-hybridized carbons (Fsp3) is 0.194. The quantitative estimate of drug-likeness (QED) is 0.260. The minimum absolute atomic E-state index is 0.237. The third-order valence-electron chi connectivity index (χ3n) is 6.81. The van der Waals surface area contributed by atoms with Gasteiger partial charge in [0.15, 0.2) is 0 Å². The zero-order chi connectivity index (χ0) is 32.2. The average Bonchev–Trinajstić information content (AvgIpc) is 3.37. The molecule has 10 nitrogen and oxygen atoms in total. The number of hydrogen-bond donors (Lipinski definition) is 2. The van der Waals surface area contributed by atoms with Crippen molar-refractivity contribution in [1.29, 1.82) is 5.26 Å². The molecule has 226 valence electrons. The van der Waals surface area contributed by atoms with E-state index in [1.807, 2.05) is 49.5 Å². The van der Waals surface area contributed by atoms with E-state index in [1.165, 1.54) is 7.11 Å². The van der Waals surface area contributed by atoms with E-state index >= 15 is 0 Å². The van der Waals surface area contributed by atoms with Crippen molar-refractivity contribution in [3.63, 3.8) is 0 Å². The number of rotatable bonds is 6. The van der Waals surface area contributed by atoms with Gasteiger partial charge in [0.25, 0.3) is 5.56 Å². The topological polar surface area (TPSA) is 153 Å². The van der Waals surface area contributed by atoms with Gasteiger partial charge in [0.1, 0.15) is 5.69 Å². The number of ether oxygens (including phenoxy) is 1. The Balaban J connectivity index is 0.000000566. The Morgan fingerprint density at radius 1 is 1.09 bits per heavy atom. The van der Waals surface area contributed by atoms with Crippen LogP contribution in [-0.2, 0) is 16.1 Å².